The Morgan fingerprint density at radius 2 is 2.00 bits per heavy atom. The van der Waals surface area contributed by atoms with Crippen molar-refractivity contribution in [2.45, 2.75) is 27.0 Å². The highest BCUT2D eigenvalue weighted by molar-refractivity contribution is 5.10. The summed E-state index contributed by atoms with van der Waals surface area (Å²) in [6, 6.07) is 6.11. The summed E-state index contributed by atoms with van der Waals surface area (Å²) in [6.45, 7) is 8.52. The van der Waals surface area contributed by atoms with Gasteiger partial charge in [-0.2, -0.15) is 0 Å². The van der Waals surface area contributed by atoms with Crippen molar-refractivity contribution in [3.63, 3.8) is 0 Å². The molecule has 108 valence electrons. The summed E-state index contributed by atoms with van der Waals surface area (Å²) < 4.78 is 5.60. The molecule has 0 saturated carbocycles. The Hall–Kier alpha value is -0.970. The average Bonchev–Trinajstić information content (AvgIpc) is 2.34. The summed E-state index contributed by atoms with van der Waals surface area (Å²) in [5.74, 6) is 0.664. The average molecular weight is 265 g/mol. The van der Waals surface area contributed by atoms with Crippen molar-refractivity contribution in [3.8, 4) is 0 Å². The van der Waals surface area contributed by atoms with Crippen LogP contribution in [0.4, 0.5) is 0 Å². The van der Waals surface area contributed by atoms with Crippen LogP contribution in [0.3, 0.4) is 0 Å². The maximum absolute atomic E-state index is 5.60. The van der Waals surface area contributed by atoms with E-state index in [2.05, 4.69) is 35.1 Å². The number of pyridine rings is 1. The summed E-state index contributed by atoms with van der Waals surface area (Å²) in [5.41, 5.74) is 2.08. The van der Waals surface area contributed by atoms with Crippen LogP contribution in [0.5, 0.6) is 0 Å². The lowest BCUT2D eigenvalue weighted by Crippen LogP contribution is -2.20. The van der Waals surface area contributed by atoms with E-state index in [4.69, 9.17) is 4.74 Å². The van der Waals surface area contributed by atoms with Crippen LogP contribution in [0, 0.1) is 5.92 Å². The van der Waals surface area contributed by atoms with Gasteiger partial charge in [-0.25, -0.2) is 0 Å². The summed E-state index contributed by atoms with van der Waals surface area (Å²) in [4.78, 5) is 6.70. The van der Waals surface area contributed by atoms with Gasteiger partial charge in [0.15, 0.2) is 0 Å². The summed E-state index contributed by atoms with van der Waals surface area (Å²) in [6.07, 6.45) is 0. The van der Waals surface area contributed by atoms with E-state index in [1.807, 2.05) is 26.2 Å². The molecule has 0 amide bonds. The lowest BCUT2D eigenvalue weighted by molar-refractivity contribution is 0.103. The minimum atomic E-state index is 0.589. The van der Waals surface area contributed by atoms with Gasteiger partial charge in [-0.15, -0.1) is 0 Å². The molecule has 1 N–H and O–H groups in total. The molecule has 1 aromatic heterocycles. The Labute approximate surface area is 117 Å². The van der Waals surface area contributed by atoms with Gasteiger partial charge in [0.25, 0.3) is 0 Å². The topological polar surface area (TPSA) is 37.4 Å². The van der Waals surface area contributed by atoms with E-state index in [0.29, 0.717) is 12.5 Å². The van der Waals surface area contributed by atoms with Gasteiger partial charge in [-0.1, -0.05) is 19.9 Å². The largest absolute Gasteiger partial charge is 0.374 e. The molecule has 1 aromatic rings. The zero-order valence-corrected chi connectivity index (χ0v) is 12.6. The van der Waals surface area contributed by atoms with E-state index in [0.717, 1.165) is 37.6 Å². The Kier molecular flexibility index (Phi) is 7.63. The maximum atomic E-state index is 5.60. The monoisotopic (exact) mass is 265 g/mol. The first-order valence-electron chi connectivity index (χ1n) is 6.96. The quantitative estimate of drug-likeness (QED) is 0.692. The van der Waals surface area contributed by atoms with Crippen molar-refractivity contribution in [2.75, 3.05) is 33.8 Å². The molecule has 0 aromatic carbocycles. The lowest BCUT2D eigenvalue weighted by Gasteiger charge is -2.10. The molecule has 0 saturated heterocycles. The summed E-state index contributed by atoms with van der Waals surface area (Å²) >= 11 is 0. The molecule has 0 bridgehead atoms. The number of likely N-dealkylation sites (N-methyl/N-ethyl adjacent to an activating group) is 1. The van der Waals surface area contributed by atoms with Crippen LogP contribution in [0.15, 0.2) is 18.2 Å². The Bertz CT molecular complexity index is 353. The third-order valence-electron chi connectivity index (χ3n) is 2.66. The molecular formula is C15H27N3O. The third kappa shape index (κ3) is 7.93. The van der Waals surface area contributed by atoms with Crippen molar-refractivity contribution in [1.82, 2.24) is 15.2 Å². The molecule has 0 fully saturated rings. The third-order valence-corrected chi connectivity index (χ3v) is 2.66. The van der Waals surface area contributed by atoms with Crippen LogP contribution in [0.2, 0.25) is 0 Å². The second-order valence-corrected chi connectivity index (χ2v) is 5.50. The van der Waals surface area contributed by atoms with Gasteiger partial charge in [0.05, 0.1) is 24.6 Å². The molecule has 19 heavy (non-hydrogen) atoms. The van der Waals surface area contributed by atoms with Crippen LogP contribution in [0.25, 0.3) is 0 Å². The predicted octanol–water partition coefficient (Wildman–Crippen LogP) is 1.91. The van der Waals surface area contributed by atoms with Gasteiger partial charge in [0.2, 0.25) is 0 Å². The number of ether oxygens (including phenoxy) is 1. The van der Waals surface area contributed by atoms with Crippen LogP contribution < -0.4 is 5.32 Å². The number of aromatic nitrogens is 1. The van der Waals surface area contributed by atoms with Gasteiger partial charge in [-0.3, -0.25) is 4.98 Å². The summed E-state index contributed by atoms with van der Waals surface area (Å²) in [5, 5.41) is 3.40. The first-order valence-corrected chi connectivity index (χ1v) is 6.96. The Morgan fingerprint density at radius 3 is 2.68 bits per heavy atom. The molecule has 0 aliphatic carbocycles. The predicted molar refractivity (Wildman–Crippen MR) is 79.0 cm³/mol. The zero-order valence-electron chi connectivity index (χ0n) is 12.6. The van der Waals surface area contributed by atoms with Gasteiger partial charge in [-0.05, 0) is 38.7 Å². The van der Waals surface area contributed by atoms with Gasteiger partial charge in [0, 0.05) is 13.1 Å². The van der Waals surface area contributed by atoms with Crippen LogP contribution >= 0.6 is 0 Å². The second-order valence-electron chi connectivity index (χ2n) is 5.50. The molecular weight excluding hydrogens is 238 g/mol. The minimum absolute atomic E-state index is 0.589. The van der Waals surface area contributed by atoms with Gasteiger partial charge in [0.1, 0.15) is 0 Å². The first kappa shape index (κ1) is 16.1. The fraction of sp³-hybridized carbons (Fsp3) is 0.667. The standard InChI is InChI=1S/C15H27N3O/c1-13(2)10-16-11-14-6-5-7-15(17-14)12-19-9-8-18(3)4/h5-7,13,16H,8-12H2,1-4H3. The number of hydrogen-bond acceptors (Lipinski definition) is 4. The Morgan fingerprint density at radius 1 is 1.26 bits per heavy atom. The highest BCUT2D eigenvalue weighted by Crippen LogP contribution is 2.02. The van der Waals surface area contributed by atoms with Crippen LogP contribution in [-0.2, 0) is 17.9 Å². The van der Waals surface area contributed by atoms with Crippen molar-refractivity contribution < 1.29 is 4.74 Å². The molecule has 4 heteroatoms. The van der Waals surface area contributed by atoms with E-state index in [1.165, 1.54) is 0 Å². The normalized spacial score (nSPS) is 11.5. The molecule has 0 radical (unpaired) electrons. The maximum Gasteiger partial charge on any atom is 0.0888 e. The molecule has 1 heterocycles. The number of rotatable bonds is 9. The number of nitrogens with one attached hydrogen (secondary N) is 1. The van der Waals surface area contributed by atoms with E-state index in [-0.39, 0.29) is 0 Å². The van der Waals surface area contributed by atoms with Crippen molar-refractivity contribution in [1.29, 1.82) is 0 Å². The number of hydrogen-bond donors (Lipinski definition) is 1. The number of nitrogens with zero attached hydrogens (tertiary/aromatic N) is 2. The van der Waals surface area contributed by atoms with E-state index < -0.39 is 0 Å². The van der Waals surface area contributed by atoms with Crippen LogP contribution in [-0.4, -0.2) is 43.7 Å². The minimum Gasteiger partial charge on any atom is -0.374 e. The van der Waals surface area contributed by atoms with E-state index in [9.17, 15) is 0 Å². The Balaban J connectivity index is 2.31. The highest BCUT2D eigenvalue weighted by atomic mass is 16.5. The lowest BCUT2D eigenvalue weighted by atomic mass is 10.2. The smallest absolute Gasteiger partial charge is 0.0888 e. The van der Waals surface area contributed by atoms with E-state index >= 15 is 0 Å². The molecule has 0 spiro atoms. The molecule has 0 atom stereocenters. The first-order chi connectivity index (χ1) is 9.08. The van der Waals surface area contributed by atoms with Crippen LogP contribution in [0.1, 0.15) is 25.2 Å². The fourth-order valence-electron chi connectivity index (χ4n) is 1.62. The molecule has 0 aliphatic rings. The highest BCUT2D eigenvalue weighted by Gasteiger charge is 2.00. The van der Waals surface area contributed by atoms with Gasteiger partial charge < -0.3 is 15.0 Å². The van der Waals surface area contributed by atoms with Crippen molar-refractivity contribution in [3.05, 3.63) is 29.6 Å². The summed E-state index contributed by atoms with van der Waals surface area (Å²) in [7, 11) is 4.09. The fourth-order valence-corrected chi connectivity index (χ4v) is 1.62. The van der Waals surface area contributed by atoms with Gasteiger partial charge >= 0.3 is 0 Å². The second kappa shape index (κ2) is 9.02. The molecule has 0 unspecified atom stereocenters. The zero-order chi connectivity index (χ0) is 14.1. The molecule has 4 nitrogen and oxygen atoms in total. The SMILES string of the molecule is CC(C)CNCc1cccc(COCCN(C)C)n1. The molecule has 0 aliphatic heterocycles. The molecule has 1 rings (SSSR count). The van der Waals surface area contributed by atoms with E-state index in [1.54, 1.807) is 0 Å². The van der Waals surface area contributed by atoms with Crippen molar-refractivity contribution in [2.24, 2.45) is 5.92 Å². The van der Waals surface area contributed by atoms with Crippen molar-refractivity contribution >= 4 is 0 Å².